The van der Waals surface area contributed by atoms with E-state index in [4.69, 9.17) is 0 Å². The molecule has 0 radical (unpaired) electrons. The average Bonchev–Trinajstić information content (AvgIpc) is 2.58. The van der Waals surface area contributed by atoms with Gasteiger partial charge in [-0.05, 0) is 31.1 Å². The second kappa shape index (κ2) is 4.61. The molecule has 2 amide bonds. The molecule has 1 N–H and O–H groups in total. The average molecular weight is 237 g/mol. The van der Waals surface area contributed by atoms with E-state index >= 15 is 0 Å². The molecule has 1 atom stereocenters. The molecule has 4 nitrogen and oxygen atoms in total. The molecule has 1 heterocycles. The maximum atomic E-state index is 12.0. The molecular formula is C13H19NO3. The summed E-state index contributed by atoms with van der Waals surface area (Å²) in [4.78, 5) is 25.3. The van der Waals surface area contributed by atoms with Crippen molar-refractivity contribution in [1.29, 1.82) is 0 Å². The van der Waals surface area contributed by atoms with Gasteiger partial charge in [-0.25, -0.2) is 0 Å². The number of carbonyl (C=O) groups excluding carboxylic acids is 2. The Bertz CT molecular complexity index is 333. The minimum atomic E-state index is -0.338. The van der Waals surface area contributed by atoms with E-state index in [0.717, 1.165) is 6.42 Å². The van der Waals surface area contributed by atoms with Gasteiger partial charge in [0, 0.05) is 19.4 Å². The summed E-state index contributed by atoms with van der Waals surface area (Å²) < 4.78 is 0. The van der Waals surface area contributed by atoms with E-state index in [2.05, 4.69) is 6.58 Å². The number of nitrogens with zero attached hydrogens (tertiary/aromatic N) is 1. The van der Waals surface area contributed by atoms with Crippen LogP contribution in [0.3, 0.4) is 0 Å². The van der Waals surface area contributed by atoms with Gasteiger partial charge in [-0.1, -0.05) is 6.08 Å². The first kappa shape index (κ1) is 12.3. The third kappa shape index (κ3) is 2.41. The first-order chi connectivity index (χ1) is 8.06. The van der Waals surface area contributed by atoms with Crippen LogP contribution in [0.1, 0.15) is 38.5 Å². The molecule has 2 fully saturated rings. The number of carbonyl (C=O) groups is 2. The van der Waals surface area contributed by atoms with Crippen molar-refractivity contribution >= 4 is 11.8 Å². The standard InChI is InChI=1S/C13H19NO3/c1-2-3-6-14-11(16)8-13(9-12(14)17)5-4-10(15)7-13/h2,10,15H,1,3-9H2/t10-/m0/s1. The topological polar surface area (TPSA) is 57.6 Å². The summed E-state index contributed by atoms with van der Waals surface area (Å²) in [5.41, 5.74) is -0.252. The first-order valence-corrected chi connectivity index (χ1v) is 6.18. The Kier molecular flexibility index (Phi) is 3.33. The van der Waals surface area contributed by atoms with Crippen LogP contribution in [-0.4, -0.2) is 34.5 Å². The van der Waals surface area contributed by atoms with Gasteiger partial charge < -0.3 is 5.11 Å². The SMILES string of the molecule is C=CCCN1C(=O)CC2(CC[C@H](O)C2)CC1=O. The normalized spacial score (nSPS) is 27.8. The predicted molar refractivity (Wildman–Crippen MR) is 63.1 cm³/mol. The van der Waals surface area contributed by atoms with Gasteiger partial charge in [-0.2, -0.15) is 0 Å². The van der Waals surface area contributed by atoms with E-state index < -0.39 is 0 Å². The molecule has 17 heavy (non-hydrogen) atoms. The number of hydrogen-bond donors (Lipinski definition) is 1. The van der Waals surface area contributed by atoms with Crippen molar-refractivity contribution in [2.24, 2.45) is 5.41 Å². The molecule has 2 rings (SSSR count). The molecule has 1 aliphatic carbocycles. The second-order valence-electron chi connectivity index (χ2n) is 5.27. The lowest BCUT2D eigenvalue weighted by atomic mass is 9.76. The highest BCUT2D eigenvalue weighted by Crippen LogP contribution is 2.46. The highest BCUT2D eigenvalue weighted by atomic mass is 16.3. The molecule has 1 spiro atoms. The minimum Gasteiger partial charge on any atom is -0.393 e. The van der Waals surface area contributed by atoms with E-state index in [0.29, 0.717) is 38.6 Å². The Morgan fingerprint density at radius 2 is 2.06 bits per heavy atom. The van der Waals surface area contributed by atoms with Crippen LogP contribution in [0.5, 0.6) is 0 Å². The van der Waals surface area contributed by atoms with E-state index in [1.165, 1.54) is 4.90 Å². The Balaban J connectivity index is 2.05. The summed E-state index contributed by atoms with van der Waals surface area (Å²) in [6.07, 6.45) is 4.95. The van der Waals surface area contributed by atoms with Gasteiger partial charge in [0.1, 0.15) is 0 Å². The molecule has 0 aromatic rings. The molecule has 2 aliphatic rings. The Morgan fingerprint density at radius 3 is 2.53 bits per heavy atom. The number of aliphatic hydroxyl groups is 1. The van der Waals surface area contributed by atoms with Crippen LogP contribution in [-0.2, 0) is 9.59 Å². The number of piperidine rings is 1. The third-order valence-corrected chi connectivity index (χ3v) is 3.89. The van der Waals surface area contributed by atoms with Crippen LogP contribution >= 0.6 is 0 Å². The zero-order valence-corrected chi connectivity index (χ0v) is 10.0. The van der Waals surface area contributed by atoms with E-state index in [-0.39, 0.29) is 23.3 Å². The quantitative estimate of drug-likeness (QED) is 0.593. The van der Waals surface area contributed by atoms with E-state index in [1.54, 1.807) is 6.08 Å². The fourth-order valence-electron chi connectivity index (χ4n) is 3.00. The Morgan fingerprint density at radius 1 is 1.41 bits per heavy atom. The van der Waals surface area contributed by atoms with E-state index in [1.807, 2.05) is 0 Å². The van der Waals surface area contributed by atoms with Gasteiger partial charge in [0.15, 0.2) is 0 Å². The molecule has 0 unspecified atom stereocenters. The van der Waals surface area contributed by atoms with Crippen molar-refractivity contribution in [3.05, 3.63) is 12.7 Å². The highest BCUT2D eigenvalue weighted by Gasteiger charge is 2.47. The predicted octanol–water partition coefficient (Wildman–Crippen LogP) is 1.24. The number of hydrogen-bond acceptors (Lipinski definition) is 3. The van der Waals surface area contributed by atoms with Crippen molar-refractivity contribution in [2.45, 2.75) is 44.6 Å². The first-order valence-electron chi connectivity index (χ1n) is 6.18. The zero-order chi connectivity index (χ0) is 12.5. The summed E-state index contributed by atoms with van der Waals surface area (Å²) in [6, 6.07) is 0. The zero-order valence-electron chi connectivity index (χ0n) is 10.0. The molecule has 94 valence electrons. The van der Waals surface area contributed by atoms with Gasteiger partial charge in [-0.15, -0.1) is 6.58 Å². The second-order valence-corrected chi connectivity index (χ2v) is 5.27. The monoisotopic (exact) mass is 237 g/mol. The van der Waals surface area contributed by atoms with Crippen molar-refractivity contribution in [1.82, 2.24) is 4.90 Å². The summed E-state index contributed by atoms with van der Waals surface area (Å²) in [7, 11) is 0. The summed E-state index contributed by atoms with van der Waals surface area (Å²) in [5, 5.41) is 9.58. The number of amides is 2. The van der Waals surface area contributed by atoms with Crippen LogP contribution in [0.25, 0.3) is 0 Å². The largest absolute Gasteiger partial charge is 0.393 e. The van der Waals surface area contributed by atoms with Gasteiger partial charge in [-0.3, -0.25) is 14.5 Å². The van der Waals surface area contributed by atoms with E-state index in [9.17, 15) is 14.7 Å². The lowest BCUT2D eigenvalue weighted by molar-refractivity contribution is -0.153. The lowest BCUT2D eigenvalue weighted by Gasteiger charge is -2.37. The molecule has 1 saturated carbocycles. The number of rotatable bonds is 3. The number of imide groups is 1. The fourth-order valence-corrected chi connectivity index (χ4v) is 3.00. The minimum absolute atomic E-state index is 0.0859. The van der Waals surface area contributed by atoms with Crippen molar-refractivity contribution in [3.8, 4) is 0 Å². The molecule has 0 bridgehead atoms. The van der Waals surface area contributed by atoms with Crippen LogP contribution in [0, 0.1) is 5.41 Å². The van der Waals surface area contributed by atoms with Crippen molar-refractivity contribution in [3.63, 3.8) is 0 Å². The molecule has 4 heteroatoms. The summed E-state index contributed by atoms with van der Waals surface area (Å²) in [5.74, 6) is -0.172. The van der Waals surface area contributed by atoms with Gasteiger partial charge in [0.2, 0.25) is 11.8 Å². The van der Waals surface area contributed by atoms with Crippen LogP contribution < -0.4 is 0 Å². The number of likely N-dealkylation sites (tertiary alicyclic amines) is 1. The van der Waals surface area contributed by atoms with Crippen LogP contribution in [0.15, 0.2) is 12.7 Å². The van der Waals surface area contributed by atoms with Gasteiger partial charge >= 0.3 is 0 Å². The van der Waals surface area contributed by atoms with Crippen molar-refractivity contribution < 1.29 is 14.7 Å². The third-order valence-electron chi connectivity index (χ3n) is 3.89. The Hall–Kier alpha value is -1.16. The maximum Gasteiger partial charge on any atom is 0.229 e. The molecule has 0 aromatic heterocycles. The maximum absolute atomic E-state index is 12.0. The molecule has 1 saturated heterocycles. The van der Waals surface area contributed by atoms with Crippen LogP contribution in [0.2, 0.25) is 0 Å². The van der Waals surface area contributed by atoms with Crippen molar-refractivity contribution in [2.75, 3.05) is 6.54 Å². The summed E-state index contributed by atoms with van der Waals surface area (Å²) in [6.45, 7) is 4.04. The molecule has 0 aromatic carbocycles. The molecule has 1 aliphatic heterocycles. The van der Waals surface area contributed by atoms with Gasteiger partial charge in [0.25, 0.3) is 0 Å². The van der Waals surface area contributed by atoms with Crippen LogP contribution in [0.4, 0.5) is 0 Å². The summed E-state index contributed by atoms with van der Waals surface area (Å²) >= 11 is 0. The van der Waals surface area contributed by atoms with Gasteiger partial charge in [0.05, 0.1) is 6.10 Å². The smallest absolute Gasteiger partial charge is 0.229 e. The lowest BCUT2D eigenvalue weighted by Crippen LogP contribution is -2.47. The Labute approximate surface area is 101 Å². The highest BCUT2D eigenvalue weighted by molar-refractivity contribution is 5.98. The molecular weight excluding hydrogens is 218 g/mol. The fraction of sp³-hybridized carbons (Fsp3) is 0.692. The number of aliphatic hydroxyl groups excluding tert-OH is 1.